The van der Waals surface area contributed by atoms with E-state index >= 15 is 0 Å². The van der Waals surface area contributed by atoms with Gasteiger partial charge < -0.3 is 15.5 Å². The van der Waals surface area contributed by atoms with Crippen molar-refractivity contribution >= 4 is 11.7 Å². The summed E-state index contributed by atoms with van der Waals surface area (Å²) in [5, 5.41) is 2.68. The third-order valence-corrected chi connectivity index (χ3v) is 2.56. The maximum Gasteiger partial charge on any atom is 0.255 e. The van der Waals surface area contributed by atoms with E-state index in [-0.39, 0.29) is 18.3 Å². The summed E-state index contributed by atoms with van der Waals surface area (Å²) in [4.78, 5) is 19.9. The largest absolute Gasteiger partial charge is 0.444 e. The molecule has 0 bridgehead atoms. The van der Waals surface area contributed by atoms with Crippen LogP contribution >= 0.6 is 0 Å². The fourth-order valence-electron chi connectivity index (χ4n) is 1.48. The molecule has 0 aliphatic rings. The third-order valence-electron chi connectivity index (χ3n) is 2.56. The fourth-order valence-corrected chi connectivity index (χ4v) is 1.48. The molecule has 94 valence electrons. The van der Waals surface area contributed by atoms with Crippen molar-refractivity contribution in [1.29, 1.82) is 0 Å². The Bertz CT molecular complexity index is 558. The van der Waals surface area contributed by atoms with Crippen LogP contribution in [0, 0.1) is 13.8 Å². The minimum Gasteiger partial charge on any atom is -0.444 e. The van der Waals surface area contributed by atoms with Gasteiger partial charge in [0, 0.05) is 6.20 Å². The Balaban J connectivity index is 2.03. The molecular formula is C12H14N4O2. The highest BCUT2D eigenvalue weighted by Crippen LogP contribution is 2.09. The van der Waals surface area contributed by atoms with E-state index in [9.17, 15) is 4.79 Å². The van der Waals surface area contributed by atoms with Crippen molar-refractivity contribution in [3.05, 3.63) is 41.2 Å². The van der Waals surface area contributed by atoms with Gasteiger partial charge >= 0.3 is 0 Å². The van der Waals surface area contributed by atoms with Crippen molar-refractivity contribution in [2.45, 2.75) is 20.4 Å². The van der Waals surface area contributed by atoms with Crippen LogP contribution < -0.4 is 11.1 Å². The van der Waals surface area contributed by atoms with Crippen LogP contribution in [-0.4, -0.2) is 15.9 Å². The number of amides is 1. The van der Waals surface area contributed by atoms with Crippen LogP contribution in [0.25, 0.3) is 0 Å². The molecule has 18 heavy (non-hydrogen) atoms. The number of hydrogen-bond donors (Lipinski definition) is 2. The van der Waals surface area contributed by atoms with Crippen LogP contribution in [0.15, 0.2) is 22.7 Å². The van der Waals surface area contributed by atoms with E-state index in [1.165, 1.54) is 6.20 Å². The van der Waals surface area contributed by atoms with Crippen molar-refractivity contribution < 1.29 is 9.21 Å². The zero-order valence-corrected chi connectivity index (χ0v) is 10.2. The zero-order valence-electron chi connectivity index (χ0n) is 10.2. The Morgan fingerprint density at radius 1 is 1.50 bits per heavy atom. The molecule has 0 saturated carbocycles. The lowest BCUT2D eigenvalue weighted by atomic mass is 10.2. The predicted molar refractivity (Wildman–Crippen MR) is 65.8 cm³/mol. The number of oxazole rings is 1. The molecule has 0 aliphatic heterocycles. The van der Waals surface area contributed by atoms with Crippen LogP contribution in [-0.2, 0) is 6.54 Å². The van der Waals surface area contributed by atoms with Gasteiger partial charge in [0.1, 0.15) is 11.6 Å². The second-order valence-electron chi connectivity index (χ2n) is 3.87. The van der Waals surface area contributed by atoms with Crippen molar-refractivity contribution in [3.8, 4) is 0 Å². The average Bonchev–Trinajstić information content (AvgIpc) is 2.66. The highest BCUT2D eigenvalue weighted by Gasteiger charge is 2.11. The van der Waals surface area contributed by atoms with Crippen LogP contribution in [0.5, 0.6) is 0 Å². The molecule has 0 spiro atoms. The number of aryl methyl sites for hydroxylation is 2. The fraction of sp³-hybridized carbons (Fsp3) is 0.250. The van der Waals surface area contributed by atoms with Gasteiger partial charge in [-0.25, -0.2) is 9.97 Å². The van der Waals surface area contributed by atoms with E-state index in [1.54, 1.807) is 12.1 Å². The van der Waals surface area contributed by atoms with Gasteiger partial charge in [-0.1, -0.05) is 0 Å². The monoisotopic (exact) mass is 246 g/mol. The van der Waals surface area contributed by atoms with Gasteiger partial charge in [0.25, 0.3) is 5.91 Å². The van der Waals surface area contributed by atoms with E-state index in [0.717, 1.165) is 11.5 Å². The predicted octanol–water partition coefficient (Wildman–Crippen LogP) is 1.20. The van der Waals surface area contributed by atoms with Gasteiger partial charge in [0.2, 0.25) is 5.89 Å². The summed E-state index contributed by atoms with van der Waals surface area (Å²) in [6.45, 7) is 3.90. The van der Waals surface area contributed by atoms with Gasteiger partial charge in [0.05, 0.1) is 17.8 Å². The molecule has 0 radical (unpaired) electrons. The number of nitrogen functional groups attached to an aromatic ring is 1. The molecular weight excluding hydrogens is 232 g/mol. The number of anilines is 1. The van der Waals surface area contributed by atoms with Crippen molar-refractivity contribution in [1.82, 2.24) is 15.3 Å². The first-order valence-electron chi connectivity index (χ1n) is 5.49. The maximum atomic E-state index is 11.8. The number of rotatable bonds is 3. The number of aromatic nitrogens is 2. The number of nitrogens with one attached hydrogen (secondary N) is 1. The lowest BCUT2D eigenvalue weighted by molar-refractivity contribution is 0.0947. The molecule has 6 nitrogen and oxygen atoms in total. The van der Waals surface area contributed by atoms with Crippen LogP contribution in [0.1, 0.15) is 27.7 Å². The van der Waals surface area contributed by atoms with Crippen molar-refractivity contribution in [2.75, 3.05) is 5.73 Å². The molecule has 0 atom stereocenters. The normalized spacial score (nSPS) is 10.3. The summed E-state index contributed by atoms with van der Waals surface area (Å²) in [7, 11) is 0. The molecule has 2 aromatic heterocycles. The smallest absolute Gasteiger partial charge is 0.255 e. The van der Waals surface area contributed by atoms with E-state index in [2.05, 4.69) is 15.3 Å². The Hall–Kier alpha value is -2.37. The highest BCUT2D eigenvalue weighted by atomic mass is 16.4. The minimum absolute atomic E-state index is 0.203. The van der Waals surface area contributed by atoms with E-state index in [1.807, 2.05) is 13.8 Å². The summed E-state index contributed by atoms with van der Waals surface area (Å²) in [5.74, 6) is 1.13. The standard InChI is InChI=1S/C12H14N4O2/c1-7-8(2)18-10(16-7)6-15-12(17)9-4-3-5-14-11(9)13/h3-5H,6H2,1-2H3,(H2,13,14)(H,15,17). The molecule has 2 rings (SSSR count). The summed E-state index contributed by atoms with van der Waals surface area (Å²) < 4.78 is 5.36. The van der Waals surface area contributed by atoms with Crippen LogP contribution in [0.4, 0.5) is 5.82 Å². The first kappa shape index (κ1) is 12.1. The molecule has 0 aromatic carbocycles. The van der Waals surface area contributed by atoms with Gasteiger partial charge in [-0.3, -0.25) is 4.79 Å². The molecule has 0 aliphatic carbocycles. The molecule has 0 fully saturated rings. The first-order chi connectivity index (χ1) is 8.58. The lowest BCUT2D eigenvalue weighted by Gasteiger charge is -2.04. The molecule has 6 heteroatoms. The molecule has 1 amide bonds. The quantitative estimate of drug-likeness (QED) is 0.848. The average molecular weight is 246 g/mol. The molecule has 2 aromatic rings. The van der Waals surface area contributed by atoms with Gasteiger partial charge in [-0.2, -0.15) is 0 Å². The summed E-state index contributed by atoms with van der Waals surface area (Å²) >= 11 is 0. The number of nitrogens with two attached hydrogens (primary N) is 1. The zero-order chi connectivity index (χ0) is 13.1. The Kier molecular flexibility index (Phi) is 3.27. The van der Waals surface area contributed by atoms with Crippen LogP contribution in [0.2, 0.25) is 0 Å². The van der Waals surface area contributed by atoms with Crippen molar-refractivity contribution in [2.24, 2.45) is 0 Å². The topological polar surface area (TPSA) is 94.0 Å². The first-order valence-corrected chi connectivity index (χ1v) is 5.49. The van der Waals surface area contributed by atoms with E-state index < -0.39 is 0 Å². The number of pyridine rings is 1. The Labute approximate surface area is 104 Å². The number of nitrogens with zero attached hydrogens (tertiary/aromatic N) is 2. The third kappa shape index (κ3) is 2.48. The summed E-state index contributed by atoms with van der Waals surface area (Å²) in [6, 6.07) is 3.27. The Morgan fingerprint density at radius 3 is 2.89 bits per heavy atom. The highest BCUT2D eigenvalue weighted by molar-refractivity contribution is 5.98. The van der Waals surface area contributed by atoms with E-state index in [0.29, 0.717) is 11.5 Å². The van der Waals surface area contributed by atoms with Crippen molar-refractivity contribution in [3.63, 3.8) is 0 Å². The Morgan fingerprint density at radius 2 is 2.28 bits per heavy atom. The molecule has 0 saturated heterocycles. The number of carbonyl (C=O) groups is 1. The number of carbonyl (C=O) groups excluding carboxylic acids is 1. The second kappa shape index (κ2) is 4.87. The van der Waals surface area contributed by atoms with Crippen LogP contribution in [0.3, 0.4) is 0 Å². The van der Waals surface area contributed by atoms with Gasteiger partial charge in [-0.15, -0.1) is 0 Å². The molecule has 2 heterocycles. The summed E-state index contributed by atoms with van der Waals surface area (Å²) in [6.07, 6.45) is 1.53. The minimum atomic E-state index is -0.297. The van der Waals surface area contributed by atoms with Gasteiger partial charge in [0.15, 0.2) is 0 Å². The number of hydrogen-bond acceptors (Lipinski definition) is 5. The maximum absolute atomic E-state index is 11.8. The summed E-state index contributed by atoms with van der Waals surface area (Å²) in [5.41, 5.74) is 6.77. The molecule has 3 N–H and O–H groups in total. The molecule has 0 unspecified atom stereocenters. The van der Waals surface area contributed by atoms with E-state index in [4.69, 9.17) is 10.2 Å². The SMILES string of the molecule is Cc1nc(CNC(=O)c2cccnc2N)oc1C. The second-order valence-corrected chi connectivity index (χ2v) is 3.87. The van der Waals surface area contributed by atoms with Gasteiger partial charge in [-0.05, 0) is 26.0 Å². The lowest BCUT2D eigenvalue weighted by Crippen LogP contribution is -2.24.